The number of primary amides is 1. The average molecular weight is 365 g/mol. The van der Waals surface area contributed by atoms with Gasteiger partial charge in [0.25, 0.3) is 5.91 Å². The molecule has 3 N–H and O–H groups in total. The van der Waals surface area contributed by atoms with E-state index in [0.29, 0.717) is 11.1 Å². The van der Waals surface area contributed by atoms with Crippen molar-refractivity contribution in [1.29, 1.82) is 0 Å². The number of amides is 3. The molecular weight excluding hydrogens is 349 g/mol. The lowest BCUT2D eigenvalue weighted by atomic mass is 10.2. The summed E-state index contributed by atoms with van der Waals surface area (Å²) < 4.78 is 28.2. The summed E-state index contributed by atoms with van der Waals surface area (Å²) in [6, 6.07) is 4.66. The molecule has 0 aliphatic carbocycles. The quantitative estimate of drug-likeness (QED) is 0.804. The number of carbonyl (C=O) groups excluding carboxylic acids is 3. The number of nitrogens with zero attached hydrogens (tertiary/aromatic N) is 1. The summed E-state index contributed by atoms with van der Waals surface area (Å²) in [6.45, 7) is 0.0240. The van der Waals surface area contributed by atoms with Gasteiger partial charge in [-0.3, -0.25) is 10.1 Å². The Morgan fingerprint density at radius 2 is 2.15 bits per heavy atom. The number of benzene rings is 1. The Labute approximate surface area is 146 Å². The van der Waals surface area contributed by atoms with E-state index in [1.54, 1.807) is 6.07 Å². The van der Waals surface area contributed by atoms with E-state index in [1.807, 2.05) is 0 Å². The number of hydrogen-bond acceptors (Lipinski definition) is 6. The molecule has 0 radical (unpaired) electrons. The van der Waals surface area contributed by atoms with Gasteiger partial charge in [0.15, 0.2) is 0 Å². The van der Waals surface area contributed by atoms with Crippen LogP contribution in [0.15, 0.2) is 22.6 Å². The van der Waals surface area contributed by atoms with E-state index < -0.39 is 24.3 Å². The van der Waals surface area contributed by atoms with Gasteiger partial charge in [0.05, 0.1) is 13.7 Å². The van der Waals surface area contributed by atoms with E-state index >= 15 is 0 Å². The lowest BCUT2D eigenvalue weighted by Crippen LogP contribution is -2.33. The number of alkyl halides is 1. The molecule has 3 amide bonds. The van der Waals surface area contributed by atoms with Crippen LogP contribution in [0.25, 0.3) is 11.0 Å². The highest BCUT2D eigenvalue weighted by molar-refractivity contribution is 6.10. The first-order chi connectivity index (χ1) is 12.4. The predicted molar refractivity (Wildman–Crippen MR) is 87.9 cm³/mol. The number of hydrogen-bond donors (Lipinski definition) is 2. The van der Waals surface area contributed by atoms with Crippen LogP contribution in [-0.4, -0.2) is 49.4 Å². The van der Waals surface area contributed by atoms with Gasteiger partial charge in [-0.1, -0.05) is 0 Å². The topological polar surface area (TPSA) is 124 Å². The van der Waals surface area contributed by atoms with Crippen molar-refractivity contribution in [3.05, 3.63) is 24.0 Å². The zero-order valence-corrected chi connectivity index (χ0v) is 13.8. The first kappa shape index (κ1) is 17.5. The van der Waals surface area contributed by atoms with Crippen molar-refractivity contribution in [3.8, 4) is 5.75 Å². The second-order valence-electron chi connectivity index (χ2n) is 5.64. The van der Waals surface area contributed by atoms with Gasteiger partial charge in [0.2, 0.25) is 5.76 Å². The molecule has 0 saturated carbocycles. The third-order valence-electron chi connectivity index (χ3n) is 3.91. The van der Waals surface area contributed by atoms with Crippen LogP contribution < -0.4 is 15.8 Å². The fraction of sp³-hybridized carbons (Fsp3) is 0.312. The van der Waals surface area contributed by atoms with Gasteiger partial charge in [-0.15, -0.1) is 0 Å². The van der Waals surface area contributed by atoms with Crippen LogP contribution in [0.5, 0.6) is 5.75 Å². The zero-order valence-electron chi connectivity index (χ0n) is 13.8. The van der Waals surface area contributed by atoms with Crippen molar-refractivity contribution < 1.29 is 32.7 Å². The average Bonchev–Trinajstić information content (AvgIpc) is 3.18. The van der Waals surface area contributed by atoms with E-state index in [9.17, 15) is 18.8 Å². The summed E-state index contributed by atoms with van der Waals surface area (Å²) >= 11 is 0. The molecule has 1 aliphatic rings. The molecule has 2 heterocycles. The standard InChI is InChI=1S/C16H16FN3O6/c1-24-9-2-3-11-10(6-9)12(13(25-11)14(18)21)19-15(22)26-16(23)20-5-4-8(17)7-20/h2-3,6,8H,4-5,7H2,1H3,(H2,18,21)(H,19,22). The molecule has 1 unspecified atom stereocenters. The van der Waals surface area contributed by atoms with Gasteiger partial charge in [0, 0.05) is 11.9 Å². The van der Waals surface area contributed by atoms with E-state index in [2.05, 4.69) is 10.1 Å². The van der Waals surface area contributed by atoms with Crippen LogP contribution >= 0.6 is 0 Å². The molecule has 26 heavy (non-hydrogen) atoms. The van der Waals surface area contributed by atoms with Gasteiger partial charge in [-0.25, -0.2) is 14.0 Å². The molecule has 10 heteroatoms. The van der Waals surface area contributed by atoms with Gasteiger partial charge in [0.1, 0.15) is 23.2 Å². The predicted octanol–water partition coefficient (Wildman–Crippen LogP) is 2.25. The second kappa shape index (κ2) is 6.90. The van der Waals surface area contributed by atoms with E-state index in [-0.39, 0.29) is 36.5 Å². The highest BCUT2D eigenvalue weighted by Crippen LogP contribution is 2.33. The van der Waals surface area contributed by atoms with Crippen molar-refractivity contribution in [3.63, 3.8) is 0 Å². The van der Waals surface area contributed by atoms with Crippen molar-refractivity contribution >= 4 is 34.8 Å². The summed E-state index contributed by atoms with van der Waals surface area (Å²) in [5.74, 6) is -0.767. The Bertz CT molecular complexity index is 880. The highest BCUT2D eigenvalue weighted by Gasteiger charge is 2.29. The number of carbonyl (C=O) groups is 3. The lowest BCUT2D eigenvalue weighted by Gasteiger charge is -2.14. The Balaban J connectivity index is 1.82. The number of furan rings is 1. The van der Waals surface area contributed by atoms with Crippen LogP contribution in [0.2, 0.25) is 0 Å². The molecule has 1 aromatic carbocycles. The Kier molecular flexibility index (Phi) is 4.65. The van der Waals surface area contributed by atoms with Gasteiger partial charge in [-0.05, 0) is 24.6 Å². The third-order valence-corrected chi connectivity index (χ3v) is 3.91. The number of rotatable bonds is 3. The maximum absolute atomic E-state index is 13.1. The smallest absolute Gasteiger partial charge is 0.420 e. The third kappa shape index (κ3) is 3.39. The minimum atomic E-state index is -1.15. The molecule has 2 aromatic rings. The summed E-state index contributed by atoms with van der Waals surface area (Å²) in [4.78, 5) is 36.5. The molecule has 0 spiro atoms. The molecule has 138 valence electrons. The normalized spacial score (nSPS) is 16.5. The fourth-order valence-electron chi connectivity index (χ4n) is 2.66. The highest BCUT2D eigenvalue weighted by atomic mass is 19.1. The maximum atomic E-state index is 13.1. The van der Waals surface area contributed by atoms with E-state index in [4.69, 9.17) is 14.9 Å². The molecule has 1 fully saturated rings. The van der Waals surface area contributed by atoms with Crippen LogP contribution in [-0.2, 0) is 4.74 Å². The molecular formula is C16H16FN3O6. The molecule has 3 rings (SSSR count). The lowest BCUT2D eigenvalue weighted by molar-refractivity contribution is 0.0977. The number of ether oxygens (including phenoxy) is 2. The van der Waals surface area contributed by atoms with Gasteiger partial charge >= 0.3 is 12.2 Å². The van der Waals surface area contributed by atoms with Crippen molar-refractivity contribution in [2.45, 2.75) is 12.6 Å². The summed E-state index contributed by atoms with van der Waals surface area (Å²) in [6.07, 6.45) is -3.08. The maximum Gasteiger partial charge on any atom is 0.420 e. The fourth-order valence-corrected chi connectivity index (χ4v) is 2.66. The Morgan fingerprint density at radius 3 is 2.77 bits per heavy atom. The van der Waals surface area contributed by atoms with Gasteiger partial charge in [-0.2, -0.15) is 0 Å². The Hall–Kier alpha value is -3.30. The molecule has 1 aromatic heterocycles. The molecule has 1 atom stereocenters. The number of nitrogens with one attached hydrogen (secondary N) is 1. The number of anilines is 1. The number of halogens is 1. The SMILES string of the molecule is COc1ccc2oc(C(N)=O)c(NC(=O)OC(=O)N3CCC(F)C3)c2c1. The second-order valence-corrected chi connectivity index (χ2v) is 5.64. The number of methoxy groups -OCH3 is 1. The van der Waals surface area contributed by atoms with Crippen LogP contribution in [0.3, 0.4) is 0 Å². The van der Waals surface area contributed by atoms with Crippen LogP contribution in [0, 0.1) is 0 Å². The number of fused-ring (bicyclic) bond motifs is 1. The van der Waals surface area contributed by atoms with Crippen molar-refractivity contribution in [2.75, 3.05) is 25.5 Å². The minimum absolute atomic E-state index is 0.0472. The summed E-state index contributed by atoms with van der Waals surface area (Å²) in [5, 5.41) is 2.62. The van der Waals surface area contributed by atoms with Crippen molar-refractivity contribution in [1.82, 2.24) is 4.90 Å². The minimum Gasteiger partial charge on any atom is -0.497 e. The summed E-state index contributed by atoms with van der Waals surface area (Å²) in [7, 11) is 1.45. The van der Waals surface area contributed by atoms with Crippen molar-refractivity contribution in [2.24, 2.45) is 5.73 Å². The van der Waals surface area contributed by atoms with E-state index in [0.717, 1.165) is 4.90 Å². The zero-order chi connectivity index (χ0) is 18.8. The van der Waals surface area contributed by atoms with Crippen LogP contribution in [0.4, 0.5) is 19.7 Å². The first-order valence-electron chi connectivity index (χ1n) is 7.71. The molecule has 1 aliphatic heterocycles. The monoisotopic (exact) mass is 365 g/mol. The summed E-state index contributed by atoms with van der Waals surface area (Å²) in [5.41, 5.74) is 5.50. The van der Waals surface area contributed by atoms with E-state index in [1.165, 1.54) is 19.2 Å². The van der Waals surface area contributed by atoms with Gasteiger partial charge < -0.3 is 24.5 Å². The number of likely N-dealkylation sites (tertiary alicyclic amines) is 1. The Morgan fingerprint density at radius 1 is 1.38 bits per heavy atom. The molecule has 1 saturated heterocycles. The van der Waals surface area contributed by atoms with Crippen LogP contribution in [0.1, 0.15) is 17.0 Å². The largest absolute Gasteiger partial charge is 0.497 e. The first-order valence-corrected chi connectivity index (χ1v) is 7.71. The molecule has 9 nitrogen and oxygen atoms in total. The molecule has 0 bridgehead atoms. The number of nitrogens with two attached hydrogens (primary N) is 1.